The lowest BCUT2D eigenvalue weighted by atomic mass is 10.3. The van der Waals surface area contributed by atoms with Crippen molar-refractivity contribution in [2.24, 2.45) is 5.73 Å². The maximum atomic E-state index is 5.50. The van der Waals surface area contributed by atoms with E-state index < -0.39 is 0 Å². The predicted octanol–water partition coefficient (Wildman–Crippen LogP) is -0.186. The summed E-state index contributed by atoms with van der Waals surface area (Å²) in [5, 5.41) is 0. The maximum Gasteiger partial charge on any atom is 0.225 e. The van der Waals surface area contributed by atoms with Gasteiger partial charge >= 0.3 is 0 Å². The second-order valence-electron chi connectivity index (χ2n) is 3.49. The molecule has 1 saturated heterocycles. The van der Waals surface area contributed by atoms with Crippen LogP contribution in [0.2, 0.25) is 0 Å². The van der Waals surface area contributed by atoms with Crippen LogP contribution in [-0.2, 0) is 11.2 Å². The first kappa shape index (κ1) is 10.3. The van der Waals surface area contributed by atoms with Gasteiger partial charge in [-0.2, -0.15) is 0 Å². The van der Waals surface area contributed by atoms with Gasteiger partial charge in [0, 0.05) is 31.4 Å². The predicted molar refractivity (Wildman–Crippen MR) is 57.8 cm³/mol. The van der Waals surface area contributed by atoms with Crippen LogP contribution < -0.4 is 10.6 Å². The summed E-state index contributed by atoms with van der Waals surface area (Å²) in [6.07, 6.45) is 2.60. The van der Waals surface area contributed by atoms with Gasteiger partial charge in [-0.05, 0) is 12.6 Å². The Morgan fingerprint density at radius 1 is 1.40 bits per heavy atom. The molecule has 0 atom stereocenters. The van der Waals surface area contributed by atoms with Gasteiger partial charge in [-0.3, -0.25) is 0 Å². The Kier molecular flexibility index (Phi) is 3.47. The molecular weight excluding hydrogens is 192 g/mol. The Hall–Kier alpha value is -1.20. The summed E-state index contributed by atoms with van der Waals surface area (Å²) in [6, 6.07) is 1.91. The number of anilines is 1. The topological polar surface area (TPSA) is 64.3 Å². The van der Waals surface area contributed by atoms with Crippen molar-refractivity contribution in [1.82, 2.24) is 9.97 Å². The number of hydrogen-bond donors (Lipinski definition) is 1. The zero-order chi connectivity index (χ0) is 10.5. The molecule has 0 aromatic carbocycles. The first-order chi connectivity index (χ1) is 7.40. The quantitative estimate of drug-likeness (QED) is 0.746. The molecule has 0 spiro atoms. The van der Waals surface area contributed by atoms with E-state index in [0.717, 1.165) is 44.4 Å². The molecule has 0 aliphatic carbocycles. The van der Waals surface area contributed by atoms with Crippen LogP contribution in [0.15, 0.2) is 12.3 Å². The standard InChI is InChI=1S/C10H16N4O/c11-3-1-9-2-4-12-10(13-9)14-5-7-15-8-6-14/h2,4H,1,3,5-8,11H2. The maximum absolute atomic E-state index is 5.50. The first-order valence-corrected chi connectivity index (χ1v) is 5.25. The molecule has 0 saturated carbocycles. The third kappa shape index (κ3) is 2.64. The smallest absolute Gasteiger partial charge is 0.225 e. The van der Waals surface area contributed by atoms with Crippen molar-refractivity contribution < 1.29 is 4.74 Å². The lowest BCUT2D eigenvalue weighted by molar-refractivity contribution is 0.122. The summed E-state index contributed by atoms with van der Waals surface area (Å²) < 4.78 is 5.28. The molecule has 2 N–H and O–H groups in total. The molecule has 0 amide bonds. The normalized spacial score (nSPS) is 16.7. The molecule has 1 aromatic heterocycles. The van der Waals surface area contributed by atoms with Crippen molar-refractivity contribution in [1.29, 1.82) is 0 Å². The van der Waals surface area contributed by atoms with Crippen molar-refractivity contribution in [3.05, 3.63) is 18.0 Å². The van der Waals surface area contributed by atoms with Gasteiger partial charge < -0.3 is 15.4 Å². The molecule has 1 aliphatic rings. The van der Waals surface area contributed by atoms with E-state index in [2.05, 4.69) is 14.9 Å². The van der Waals surface area contributed by atoms with Crippen molar-refractivity contribution in [3.8, 4) is 0 Å². The first-order valence-electron chi connectivity index (χ1n) is 5.25. The summed E-state index contributed by atoms with van der Waals surface area (Å²) >= 11 is 0. The zero-order valence-electron chi connectivity index (χ0n) is 8.72. The molecule has 15 heavy (non-hydrogen) atoms. The number of rotatable bonds is 3. The van der Waals surface area contributed by atoms with Gasteiger partial charge in [0.05, 0.1) is 13.2 Å². The third-order valence-corrected chi connectivity index (χ3v) is 2.39. The Balaban J connectivity index is 2.09. The Morgan fingerprint density at radius 3 is 2.93 bits per heavy atom. The van der Waals surface area contributed by atoms with E-state index in [0.29, 0.717) is 6.54 Å². The second kappa shape index (κ2) is 5.04. The van der Waals surface area contributed by atoms with Gasteiger partial charge in [-0.15, -0.1) is 0 Å². The Morgan fingerprint density at radius 2 is 2.20 bits per heavy atom. The fourth-order valence-electron chi connectivity index (χ4n) is 1.59. The van der Waals surface area contributed by atoms with E-state index >= 15 is 0 Å². The number of nitrogens with two attached hydrogens (primary N) is 1. The molecule has 2 heterocycles. The van der Waals surface area contributed by atoms with Gasteiger partial charge in [0.2, 0.25) is 5.95 Å². The summed E-state index contributed by atoms with van der Waals surface area (Å²) in [4.78, 5) is 10.9. The third-order valence-electron chi connectivity index (χ3n) is 2.39. The van der Waals surface area contributed by atoms with Crippen LogP contribution in [-0.4, -0.2) is 42.8 Å². The number of ether oxygens (including phenoxy) is 1. The van der Waals surface area contributed by atoms with Gasteiger partial charge in [0.25, 0.3) is 0 Å². The lowest BCUT2D eigenvalue weighted by Gasteiger charge is -2.26. The summed E-state index contributed by atoms with van der Waals surface area (Å²) in [5.74, 6) is 0.796. The highest BCUT2D eigenvalue weighted by Gasteiger charge is 2.13. The van der Waals surface area contributed by atoms with Crippen LogP contribution >= 0.6 is 0 Å². The number of aromatic nitrogens is 2. The summed E-state index contributed by atoms with van der Waals surface area (Å²) in [5.41, 5.74) is 6.50. The highest BCUT2D eigenvalue weighted by Crippen LogP contribution is 2.09. The van der Waals surface area contributed by atoms with Crippen LogP contribution in [0, 0.1) is 0 Å². The van der Waals surface area contributed by atoms with E-state index in [9.17, 15) is 0 Å². The minimum Gasteiger partial charge on any atom is -0.378 e. The van der Waals surface area contributed by atoms with Gasteiger partial charge in [-0.1, -0.05) is 0 Å². The van der Waals surface area contributed by atoms with Crippen LogP contribution in [0.25, 0.3) is 0 Å². The second-order valence-corrected chi connectivity index (χ2v) is 3.49. The molecule has 82 valence electrons. The number of morpholine rings is 1. The average molecular weight is 208 g/mol. The Labute approximate surface area is 89.3 Å². The minimum absolute atomic E-state index is 0.625. The number of hydrogen-bond acceptors (Lipinski definition) is 5. The summed E-state index contributed by atoms with van der Waals surface area (Å²) in [7, 11) is 0. The fourth-order valence-corrected chi connectivity index (χ4v) is 1.59. The lowest BCUT2D eigenvalue weighted by Crippen LogP contribution is -2.37. The summed E-state index contributed by atoms with van der Waals surface area (Å²) in [6.45, 7) is 3.87. The highest BCUT2D eigenvalue weighted by molar-refractivity contribution is 5.30. The van der Waals surface area contributed by atoms with Gasteiger partial charge in [-0.25, -0.2) is 9.97 Å². The fraction of sp³-hybridized carbons (Fsp3) is 0.600. The monoisotopic (exact) mass is 208 g/mol. The number of nitrogens with zero attached hydrogens (tertiary/aromatic N) is 3. The zero-order valence-corrected chi connectivity index (χ0v) is 8.72. The van der Waals surface area contributed by atoms with Crippen LogP contribution in [0.3, 0.4) is 0 Å². The van der Waals surface area contributed by atoms with Crippen molar-refractivity contribution in [2.45, 2.75) is 6.42 Å². The van der Waals surface area contributed by atoms with E-state index in [1.165, 1.54) is 0 Å². The van der Waals surface area contributed by atoms with E-state index in [1.807, 2.05) is 6.07 Å². The molecule has 5 nitrogen and oxygen atoms in total. The molecule has 0 unspecified atom stereocenters. The van der Waals surface area contributed by atoms with Crippen LogP contribution in [0.5, 0.6) is 0 Å². The van der Waals surface area contributed by atoms with Gasteiger partial charge in [0.1, 0.15) is 0 Å². The van der Waals surface area contributed by atoms with Crippen molar-refractivity contribution in [2.75, 3.05) is 37.7 Å². The molecule has 5 heteroatoms. The Bertz CT molecular complexity index is 312. The highest BCUT2D eigenvalue weighted by atomic mass is 16.5. The molecule has 1 fully saturated rings. The van der Waals surface area contributed by atoms with Crippen molar-refractivity contribution >= 4 is 5.95 Å². The molecule has 0 radical (unpaired) electrons. The SMILES string of the molecule is NCCc1ccnc(N2CCOCC2)n1. The molecule has 1 aliphatic heterocycles. The van der Waals surface area contributed by atoms with E-state index in [1.54, 1.807) is 6.20 Å². The largest absolute Gasteiger partial charge is 0.378 e. The van der Waals surface area contributed by atoms with Crippen LogP contribution in [0.4, 0.5) is 5.95 Å². The molecule has 2 rings (SSSR count). The average Bonchev–Trinajstić information content (AvgIpc) is 2.31. The van der Waals surface area contributed by atoms with Crippen molar-refractivity contribution in [3.63, 3.8) is 0 Å². The molecule has 0 bridgehead atoms. The van der Waals surface area contributed by atoms with E-state index in [4.69, 9.17) is 10.5 Å². The molecular formula is C10H16N4O. The van der Waals surface area contributed by atoms with Crippen LogP contribution in [0.1, 0.15) is 5.69 Å². The van der Waals surface area contributed by atoms with E-state index in [-0.39, 0.29) is 0 Å². The molecule has 1 aromatic rings. The van der Waals surface area contributed by atoms with Gasteiger partial charge in [0.15, 0.2) is 0 Å². The minimum atomic E-state index is 0.625.